The molecule has 0 atom stereocenters. The van der Waals surface area contributed by atoms with Crippen molar-refractivity contribution in [2.24, 2.45) is 0 Å². The van der Waals surface area contributed by atoms with E-state index < -0.39 is 0 Å². The molecule has 1 saturated carbocycles. The fourth-order valence-electron chi connectivity index (χ4n) is 2.94. The highest BCUT2D eigenvalue weighted by molar-refractivity contribution is 5.69. The van der Waals surface area contributed by atoms with E-state index in [1.165, 1.54) is 42.5 Å². The molecule has 0 aromatic heterocycles. The van der Waals surface area contributed by atoms with Gasteiger partial charge in [-0.1, -0.05) is 43.7 Å². The first-order valence-electron chi connectivity index (χ1n) is 5.90. The Hall–Kier alpha value is -1.24. The molecular weight excluding hydrogens is 182 g/mol. The van der Waals surface area contributed by atoms with E-state index in [-0.39, 0.29) is 0 Å². The number of rotatable bonds is 1. The molecule has 1 aliphatic heterocycles. The average molecular weight is 199 g/mol. The van der Waals surface area contributed by atoms with Gasteiger partial charge in [0.05, 0.1) is 0 Å². The number of hydrogen-bond acceptors (Lipinski definition) is 1. The number of benzene rings is 1. The van der Waals surface area contributed by atoms with Crippen molar-refractivity contribution >= 4 is 5.70 Å². The van der Waals surface area contributed by atoms with Gasteiger partial charge in [-0.2, -0.15) is 0 Å². The van der Waals surface area contributed by atoms with Crippen LogP contribution in [0.3, 0.4) is 0 Å². The van der Waals surface area contributed by atoms with E-state index in [0.29, 0.717) is 0 Å². The summed E-state index contributed by atoms with van der Waals surface area (Å²) >= 11 is 0. The molecule has 1 heteroatoms. The SMILES string of the molecule is C=C1c2ccccc2CN1C1CCCC1. The molecule has 0 radical (unpaired) electrons. The minimum absolute atomic E-state index is 0.755. The molecule has 0 amide bonds. The zero-order chi connectivity index (χ0) is 10.3. The van der Waals surface area contributed by atoms with Crippen LogP contribution in [0.15, 0.2) is 30.8 Å². The second-order valence-corrected chi connectivity index (χ2v) is 4.67. The number of hydrogen-bond donors (Lipinski definition) is 0. The number of nitrogens with zero attached hydrogens (tertiary/aromatic N) is 1. The summed E-state index contributed by atoms with van der Waals surface area (Å²) in [7, 11) is 0. The van der Waals surface area contributed by atoms with Gasteiger partial charge in [0.2, 0.25) is 0 Å². The van der Waals surface area contributed by atoms with Gasteiger partial charge in [0.1, 0.15) is 0 Å². The van der Waals surface area contributed by atoms with E-state index >= 15 is 0 Å². The Kier molecular flexibility index (Phi) is 2.05. The van der Waals surface area contributed by atoms with Gasteiger partial charge in [0, 0.05) is 23.8 Å². The van der Waals surface area contributed by atoms with Crippen molar-refractivity contribution in [3.8, 4) is 0 Å². The van der Waals surface area contributed by atoms with Crippen molar-refractivity contribution in [2.45, 2.75) is 38.3 Å². The van der Waals surface area contributed by atoms with Crippen molar-refractivity contribution in [3.63, 3.8) is 0 Å². The highest BCUT2D eigenvalue weighted by atomic mass is 15.2. The lowest BCUT2D eigenvalue weighted by Crippen LogP contribution is -2.26. The molecule has 1 fully saturated rings. The Bertz CT molecular complexity index is 388. The topological polar surface area (TPSA) is 3.24 Å². The van der Waals surface area contributed by atoms with Crippen molar-refractivity contribution < 1.29 is 0 Å². The summed E-state index contributed by atoms with van der Waals surface area (Å²) in [5, 5.41) is 0. The summed E-state index contributed by atoms with van der Waals surface area (Å²) in [5.74, 6) is 0. The summed E-state index contributed by atoms with van der Waals surface area (Å²) in [5.41, 5.74) is 4.07. The van der Waals surface area contributed by atoms with Crippen LogP contribution in [0.25, 0.3) is 5.70 Å². The highest BCUT2D eigenvalue weighted by Gasteiger charge is 2.29. The smallest absolute Gasteiger partial charge is 0.0439 e. The van der Waals surface area contributed by atoms with Crippen LogP contribution in [0.2, 0.25) is 0 Å². The van der Waals surface area contributed by atoms with E-state index in [4.69, 9.17) is 0 Å². The van der Waals surface area contributed by atoms with Gasteiger partial charge in [-0.3, -0.25) is 0 Å². The molecule has 1 aromatic carbocycles. The summed E-state index contributed by atoms with van der Waals surface area (Å²) in [6, 6.07) is 9.43. The predicted molar refractivity (Wildman–Crippen MR) is 63.3 cm³/mol. The molecule has 1 aromatic rings. The van der Waals surface area contributed by atoms with Crippen molar-refractivity contribution in [1.29, 1.82) is 0 Å². The molecule has 0 saturated heterocycles. The fourth-order valence-corrected chi connectivity index (χ4v) is 2.94. The van der Waals surface area contributed by atoms with E-state index in [0.717, 1.165) is 12.6 Å². The Morgan fingerprint density at radius 2 is 1.87 bits per heavy atom. The van der Waals surface area contributed by atoms with Crippen LogP contribution in [-0.4, -0.2) is 10.9 Å². The molecule has 0 spiro atoms. The average Bonchev–Trinajstić information content (AvgIpc) is 2.87. The quantitative estimate of drug-likeness (QED) is 0.670. The van der Waals surface area contributed by atoms with Gasteiger partial charge in [0.15, 0.2) is 0 Å². The van der Waals surface area contributed by atoms with Crippen LogP contribution >= 0.6 is 0 Å². The third-order valence-corrected chi connectivity index (χ3v) is 3.78. The lowest BCUT2D eigenvalue weighted by molar-refractivity contribution is 0.304. The Morgan fingerprint density at radius 3 is 2.60 bits per heavy atom. The maximum Gasteiger partial charge on any atom is 0.0439 e. The first-order valence-corrected chi connectivity index (χ1v) is 5.90. The van der Waals surface area contributed by atoms with Crippen LogP contribution in [-0.2, 0) is 6.54 Å². The summed E-state index contributed by atoms with van der Waals surface area (Å²) in [6.45, 7) is 5.33. The molecule has 1 aliphatic carbocycles. The highest BCUT2D eigenvalue weighted by Crippen LogP contribution is 2.37. The standard InChI is InChI=1S/C14H17N/c1-11-14-9-5-2-6-12(14)10-15(11)13-7-3-4-8-13/h2,5-6,9,13H,1,3-4,7-8,10H2. The van der Waals surface area contributed by atoms with Crippen LogP contribution in [0.4, 0.5) is 0 Å². The van der Waals surface area contributed by atoms with E-state index in [1.807, 2.05) is 0 Å². The zero-order valence-electron chi connectivity index (χ0n) is 9.08. The second-order valence-electron chi connectivity index (χ2n) is 4.67. The predicted octanol–water partition coefficient (Wildman–Crippen LogP) is 3.42. The van der Waals surface area contributed by atoms with E-state index in [1.54, 1.807) is 0 Å². The molecule has 2 aliphatic rings. The van der Waals surface area contributed by atoms with Gasteiger partial charge in [-0.25, -0.2) is 0 Å². The summed E-state index contributed by atoms with van der Waals surface area (Å²) in [6.07, 6.45) is 5.50. The molecule has 3 rings (SSSR count). The van der Waals surface area contributed by atoms with E-state index in [9.17, 15) is 0 Å². The Labute approximate surface area is 91.4 Å². The monoisotopic (exact) mass is 199 g/mol. The van der Waals surface area contributed by atoms with E-state index in [2.05, 4.69) is 35.7 Å². The van der Waals surface area contributed by atoms with Gasteiger partial charge in [-0.05, 0) is 18.4 Å². The Balaban J connectivity index is 1.89. The third kappa shape index (κ3) is 1.38. The lowest BCUT2D eigenvalue weighted by atomic mass is 10.1. The van der Waals surface area contributed by atoms with Crippen LogP contribution < -0.4 is 0 Å². The maximum absolute atomic E-state index is 4.25. The first kappa shape index (κ1) is 9.02. The number of fused-ring (bicyclic) bond motifs is 1. The van der Waals surface area contributed by atoms with Crippen molar-refractivity contribution in [1.82, 2.24) is 4.90 Å². The van der Waals surface area contributed by atoms with Gasteiger partial charge in [-0.15, -0.1) is 0 Å². The lowest BCUT2D eigenvalue weighted by Gasteiger charge is -2.26. The van der Waals surface area contributed by atoms with Crippen LogP contribution in [0, 0.1) is 0 Å². The van der Waals surface area contributed by atoms with Crippen molar-refractivity contribution in [3.05, 3.63) is 42.0 Å². The molecule has 15 heavy (non-hydrogen) atoms. The van der Waals surface area contributed by atoms with Gasteiger partial charge >= 0.3 is 0 Å². The minimum atomic E-state index is 0.755. The van der Waals surface area contributed by atoms with Crippen LogP contribution in [0.5, 0.6) is 0 Å². The second kappa shape index (κ2) is 3.41. The first-order chi connectivity index (χ1) is 7.36. The molecular formula is C14H17N. The summed E-state index contributed by atoms with van der Waals surface area (Å²) in [4.78, 5) is 2.51. The molecule has 1 heterocycles. The summed E-state index contributed by atoms with van der Waals surface area (Å²) < 4.78 is 0. The molecule has 0 bridgehead atoms. The molecule has 1 nitrogen and oxygen atoms in total. The maximum atomic E-state index is 4.25. The fraction of sp³-hybridized carbons (Fsp3) is 0.429. The van der Waals surface area contributed by atoms with Crippen molar-refractivity contribution in [2.75, 3.05) is 0 Å². The van der Waals surface area contributed by atoms with Crippen LogP contribution in [0.1, 0.15) is 36.8 Å². The van der Waals surface area contributed by atoms with Gasteiger partial charge in [0.25, 0.3) is 0 Å². The molecule has 0 unspecified atom stereocenters. The molecule has 0 N–H and O–H groups in total. The van der Waals surface area contributed by atoms with Gasteiger partial charge < -0.3 is 4.90 Å². The molecule has 78 valence electrons. The Morgan fingerprint density at radius 1 is 1.13 bits per heavy atom. The minimum Gasteiger partial charge on any atom is -0.364 e. The zero-order valence-corrected chi connectivity index (χ0v) is 9.08. The largest absolute Gasteiger partial charge is 0.364 e. The third-order valence-electron chi connectivity index (χ3n) is 3.78. The normalized spacial score (nSPS) is 21.1.